The van der Waals surface area contributed by atoms with Crippen molar-refractivity contribution in [1.82, 2.24) is 19.6 Å². The van der Waals surface area contributed by atoms with Gasteiger partial charge < -0.3 is 0 Å². The summed E-state index contributed by atoms with van der Waals surface area (Å²) in [4.78, 5) is 8.41. The van der Waals surface area contributed by atoms with Crippen molar-refractivity contribution in [3.8, 4) is 0 Å². The van der Waals surface area contributed by atoms with Gasteiger partial charge in [0.25, 0.3) is 0 Å². The number of aromatic nitrogens is 4. The molecule has 0 aliphatic rings. The minimum absolute atomic E-state index is 0.459. The van der Waals surface area contributed by atoms with Crippen LogP contribution in [0.2, 0.25) is 5.15 Å². The number of rotatable bonds is 0. The highest BCUT2D eigenvalue weighted by molar-refractivity contribution is 6.34. The Kier molecular flexibility index (Phi) is 1.46. The molecule has 3 aromatic heterocycles. The Balaban J connectivity index is 2.67. The lowest BCUT2D eigenvalue weighted by Gasteiger charge is -2.00. The maximum atomic E-state index is 6.00. The van der Waals surface area contributed by atoms with E-state index in [2.05, 4.69) is 15.1 Å². The zero-order chi connectivity index (χ0) is 9.54. The molecular weight excluding hydrogens is 200 g/mol. The zero-order valence-corrected chi connectivity index (χ0v) is 7.81. The molecule has 0 saturated carbocycles. The number of hydrogen-bond acceptors (Lipinski definition) is 3. The molecule has 0 spiro atoms. The highest BCUT2D eigenvalue weighted by atomic mass is 35.5. The van der Waals surface area contributed by atoms with Gasteiger partial charge in [-0.1, -0.05) is 11.6 Å². The van der Waals surface area contributed by atoms with Crippen molar-refractivity contribution in [2.24, 2.45) is 0 Å². The molecule has 0 N–H and O–H groups in total. The Hall–Kier alpha value is -1.68. The molecule has 3 heterocycles. The third kappa shape index (κ3) is 0.914. The van der Waals surface area contributed by atoms with Crippen LogP contribution in [0.25, 0.3) is 16.7 Å². The fraction of sp³-hybridized carbons (Fsp3) is 0. The molecule has 4 nitrogen and oxygen atoms in total. The van der Waals surface area contributed by atoms with Crippen LogP contribution in [0.4, 0.5) is 0 Å². The SMILES string of the molecule is Clc1nc2ccnn2c2ncccc12. The summed E-state index contributed by atoms with van der Waals surface area (Å²) >= 11 is 6.00. The van der Waals surface area contributed by atoms with Crippen LogP contribution in [-0.2, 0) is 0 Å². The second kappa shape index (κ2) is 2.65. The van der Waals surface area contributed by atoms with Gasteiger partial charge in [0.05, 0.1) is 11.6 Å². The van der Waals surface area contributed by atoms with Crippen LogP contribution in [0, 0.1) is 0 Å². The summed E-state index contributed by atoms with van der Waals surface area (Å²) in [5, 5.41) is 5.39. The van der Waals surface area contributed by atoms with Gasteiger partial charge in [-0.15, -0.1) is 0 Å². The van der Waals surface area contributed by atoms with E-state index in [1.54, 1.807) is 23.0 Å². The lowest BCUT2D eigenvalue weighted by molar-refractivity contribution is 0.963. The molecule has 0 aliphatic carbocycles. The van der Waals surface area contributed by atoms with E-state index in [4.69, 9.17) is 11.6 Å². The molecule has 3 rings (SSSR count). The average molecular weight is 205 g/mol. The van der Waals surface area contributed by atoms with Crippen molar-refractivity contribution in [1.29, 1.82) is 0 Å². The first kappa shape index (κ1) is 7.70. The normalized spacial score (nSPS) is 11.2. The minimum Gasteiger partial charge on any atom is -0.236 e. The molecule has 0 radical (unpaired) electrons. The lowest BCUT2D eigenvalue weighted by atomic mass is 10.3. The van der Waals surface area contributed by atoms with Crippen molar-refractivity contribution in [3.05, 3.63) is 35.7 Å². The summed E-state index contributed by atoms with van der Waals surface area (Å²) in [7, 11) is 0. The largest absolute Gasteiger partial charge is 0.236 e. The molecule has 0 amide bonds. The molecule has 0 aromatic carbocycles. The van der Waals surface area contributed by atoms with Crippen molar-refractivity contribution < 1.29 is 0 Å². The van der Waals surface area contributed by atoms with Crippen molar-refractivity contribution in [2.75, 3.05) is 0 Å². The quantitative estimate of drug-likeness (QED) is 0.526. The van der Waals surface area contributed by atoms with E-state index in [0.29, 0.717) is 10.8 Å². The summed E-state index contributed by atoms with van der Waals surface area (Å²) in [5.74, 6) is 0. The number of halogens is 1. The molecule has 3 aromatic rings. The topological polar surface area (TPSA) is 43.1 Å². The predicted octanol–water partition coefficient (Wildman–Crippen LogP) is 1.93. The summed E-state index contributed by atoms with van der Waals surface area (Å²) in [6, 6.07) is 5.49. The van der Waals surface area contributed by atoms with Crippen LogP contribution in [0.1, 0.15) is 0 Å². The van der Waals surface area contributed by atoms with Crippen LogP contribution in [0.5, 0.6) is 0 Å². The van der Waals surface area contributed by atoms with Gasteiger partial charge in [-0.3, -0.25) is 0 Å². The van der Waals surface area contributed by atoms with Crippen LogP contribution in [-0.4, -0.2) is 19.6 Å². The Labute approximate surface area is 84.2 Å². The Morgan fingerprint density at radius 2 is 2.14 bits per heavy atom. The predicted molar refractivity (Wildman–Crippen MR) is 53.3 cm³/mol. The van der Waals surface area contributed by atoms with Gasteiger partial charge in [0.1, 0.15) is 5.15 Å². The molecule has 0 fully saturated rings. The van der Waals surface area contributed by atoms with Gasteiger partial charge in [-0.25, -0.2) is 9.97 Å². The van der Waals surface area contributed by atoms with Gasteiger partial charge >= 0.3 is 0 Å². The van der Waals surface area contributed by atoms with Gasteiger partial charge in [-0.2, -0.15) is 9.61 Å². The average Bonchev–Trinajstić information content (AvgIpc) is 2.66. The minimum atomic E-state index is 0.459. The zero-order valence-electron chi connectivity index (χ0n) is 7.05. The molecule has 0 atom stereocenters. The highest BCUT2D eigenvalue weighted by Gasteiger charge is 2.06. The first-order valence-electron chi connectivity index (χ1n) is 4.10. The van der Waals surface area contributed by atoms with Gasteiger partial charge in [0, 0.05) is 12.3 Å². The second-order valence-corrected chi connectivity index (χ2v) is 3.24. The molecule has 14 heavy (non-hydrogen) atoms. The van der Waals surface area contributed by atoms with E-state index in [-0.39, 0.29) is 0 Å². The number of fused-ring (bicyclic) bond motifs is 3. The molecule has 0 aliphatic heterocycles. The van der Waals surface area contributed by atoms with E-state index in [9.17, 15) is 0 Å². The fourth-order valence-electron chi connectivity index (χ4n) is 1.43. The van der Waals surface area contributed by atoms with Gasteiger partial charge in [0.15, 0.2) is 11.3 Å². The van der Waals surface area contributed by atoms with E-state index in [1.165, 1.54) is 0 Å². The van der Waals surface area contributed by atoms with Crippen LogP contribution in [0.3, 0.4) is 0 Å². The van der Waals surface area contributed by atoms with Crippen molar-refractivity contribution in [3.63, 3.8) is 0 Å². The van der Waals surface area contributed by atoms with Gasteiger partial charge in [-0.05, 0) is 12.1 Å². The molecule has 68 valence electrons. The summed E-state index contributed by atoms with van der Waals surface area (Å²) < 4.78 is 1.67. The maximum absolute atomic E-state index is 6.00. The summed E-state index contributed by atoms with van der Waals surface area (Å²) in [6.45, 7) is 0. The first-order chi connectivity index (χ1) is 6.86. The maximum Gasteiger partial charge on any atom is 0.166 e. The van der Waals surface area contributed by atoms with Crippen LogP contribution < -0.4 is 0 Å². The number of hydrogen-bond donors (Lipinski definition) is 0. The molecular formula is C9H5ClN4. The Bertz CT molecular complexity index is 616. The highest BCUT2D eigenvalue weighted by Crippen LogP contribution is 2.20. The third-order valence-corrected chi connectivity index (χ3v) is 2.33. The third-order valence-electron chi connectivity index (χ3n) is 2.05. The van der Waals surface area contributed by atoms with Crippen LogP contribution in [0.15, 0.2) is 30.6 Å². The standard InChI is InChI=1S/C9H5ClN4/c10-8-6-2-1-4-11-9(6)14-7(13-8)3-5-12-14/h1-5H. The fourth-order valence-corrected chi connectivity index (χ4v) is 1.67. The van der Waals surface area contributed by atoms with E-state index < -0.39 is 0 Å². The summed E-state index contributed by atoms with van der Waals surface area (Å²) in [6.07, 6.45) is 3.38. The molecule has 0 unspecified atom stereocenters. The second-order valence-electron chi connectivity index (χ2n) is 2.88. The van der Waals surface area contributed by atoms with Crippen LogP contribution >= 0.6 is 11.6 Å². The van der Waals surface area contributed by atoms with E-state index >= 15 is 0 Å². The Morgan fingerprint density at radius 1 is 1.21 bits per heavy atom. The van der Waals surface area contributed by atoms with E-state index in [0.717, 1.165) is 11.0 Å². The number of nitrogens with zero attached hydrogens (tertiary/aromatic N) is 4. The Morgan fingerprint density at radius 3 is 3.07 bits per heavy atom. The summed E-state index contributed by atoms with van der Waals surface area (Å²) in [5.41, 5.74) is 1.44. The smallest absolute Gasteiger partial charge is 0.166 e. The monoisotopic (exact) mass is 204 g/mol. The molecule has 5 heteroatoms. The van der Waals surface area contributed by atoms with E-state index in [1.807, 2.05) is 12.1 Å². The molecule has 0 bridgehead atoms. The molecule has 0 saturated heterocycles. The lowest BCUT2D eigenvalue weighted by Crippen LogP contribution is -1.95. The first-order valence-corrected chi connectivity index (χ1v) is 4.48. The van der Waals surface area contributed by atoms with Crippen molar-refractivity contribution >= 4 is 28.3 Å². The van der Waals surface area contributed by atoms with Gasteiger partial charge in [0.2, 0.25) is 0 Å². The number of pyridine rings is 1. The van der Waals surface area contributed by atoms with Crippen molar-refractivity contribution in [2.45, 2.75) is 0 Å².